The summed E-state index contributed by atoms with van der Waals surface area (Å²) in [6.45, 7) is 0. The second kappa shape index (κ2) is 11.8. The number of ketones is 1. The molecular weight excluding hydrogens is 618 g/mol. The molecule has 2 aliphatic rings. The van der Waals surface area contributed by atoms with E-state index in [0.29, 0.717) is 43.7 Å². The standard InChI is InChI=1S/C26H18Cl3FN6O2S2/c27-13-4-2-7-16(30)21(13)20-12(10-31)24(32)36(17-8-3-9-18(37)22(17)20)25-34-35-26(40-25)39-11-19(38)33-23-14(28)5-1-6-15(23)29/h1-2,4-7,20H,3,8-9,11,32H2,(H,33,38). The van der Waals surface area contributed by atoms with Crippen LogP contribution in [0.25, 0.3) is 0 Å². The number of carbonyl (C=O) groups is 2. The van der Waals surface area contributed by atoms with Crippen LogP contribution in [0.3, 0.4) is 0 Å². The number of aromatic nitrogens is 2. The average Bonchev–Trinajstić information content (AvgIpc) is 3.38. The van der Waals surface area contributed by atoms with Crippen LogP contribution >= 0.6 is 57.9 Å². The molecule has 3 aromatic rings. The Morgan fingerprint density at radius 1 is 1.18 bits per heavy atom. The maximum Gasteiger partial charge on any atom is 0.234 e. The number of nitriles is 1. The number of thioether (sulfide) groups is 1. The Labute approximate surface area is 251 Å². The van der Waals surface area contributed by atoms with Crippen LogP contribution in [-0.2, 0) is 9.59 Å². The molecule has 1 aliphatic heterocycles. The summed E-state index contributed by atoms with van der Waals surface area (Å²) in [6, 6.07) is 11.2. The first kappa shape index (κ1) is 28.4. The lowest BCUT2D eigenvalue weighted by molar-refractivity contribution is -0.116. The molecule has 1 aromatic heterocycles. The fraction of sp³-hybridized carbons (Fsp3) is 0.192. The Morgan fingerprint density at radius 2 is 1.88 bits per heavy atom. The molecule has 1 amide bonds. The van der Waals surface area contributed by atoms with E-state index in [1.54, 1.807) is 18.2 Å². The lowest BCUT2D eigenvalue weighted by Gasteiger charge is -2.38. The van der Waals surface area contributed by atoms with E-state index < -0.39 is 11.7 Å². The molecule has 0 bridgehead atoms. The van der Waals surface area contributed by atoms with Gasteiger partial charge in [0.1, 0.15) is 11.6 Å². The first-order chi connectivity index (χ1) is 19.2. The highest BCUT2D eigenvalue weighted by atomic mass is 35.5. The maximum atomic E-state index is 15.0. The number of nitrogens with two attached hydrogens (primary N) is 1. The smallest absolute Gasteiger partial charge is 0.234 e. The maximum absolute atomic E-state index is 15.0. The number of Topliss-reactive ketones (excluding diaryl/α,β-unsaturated/α-hetero) is 1. The molecule has 1 aliphatic carbocycles. The van der Waals surface area contributed by atoms with Gasteiger partial charge in [-0.3, -0.25) is 14.5 Å². The minimum Gasteiger partial charge on any atom is -0.384 e. The molecule has 8 nitrogen and oxygen atoms in total. The number of hydrogen-bond acceptors (Lipinski definition) is 9. The molecular formula is C26H18Cl3FN6O2S2. The zero-order valence-corrected chi connectivity index (χ0v) is 24.3. The molecule has 0 saturated heterocycles. The Bertz CT molecular complexity index is 1610. The molecule has 14 heteroatoms. The van der Waals surface area contributed by atoms with E-state index in [1.165, 1.54) is 23.1 Å². The summed E-state index contributed by atoms with van der Waals surface area (Å²) in [7, 11) is 0. The SMILES string of the molecule is N#CC1=C(N)N(c2nnc(SCC(=O)Nc3c(Cl)cccc3Cl)s2)C2=C(C(=O)CCC2)C1c1c(F)cccc1Cl. The van der Waals surface area contributed by atoms with Crippen molar-refractivity contribution in [3.05, 3.63) is 85.5 Å². The Morgan fingerprint density at radius 3 is 2.58 bits per heavy atom. The van der Waals surface area contributed by atoms with Gasteiger partial charge in [0, 0.05) is 28.3 Å². The van der Waals surface area contributed by atoms with Gasteiger partial charge >= 0.3 is 0 Å². The number of rotatable bonds is 6. The molecule has 2 aromatic carbocycles. The normalized spacial score (nSPS) is 17.1. The van der Waals surface area contributed by atoms with Crippen LogP contribution < -0.4 is 16.0 Å². The van der Waals surface area contributed by atoms with Crippen molar-refractivity contribution in [2.45, 2.75) is 29.5 Å². The van der Waals surface area contributed by atoms with Crippen LogP contribution in [-0.4, -0.2) is 27.6 Å². The van der Waals surface area contributed by atoms with Crippen molar-refractivity contribution in [1.82, 2.24) is 10.2 Å². The summed E-state index contributed by atoms with van der Waals surface area (Å²) in [5, 5.41) is 22.2. The summed E-state index contributed by atoms with van der Waals surface area (Å²) < 4.78 is 15.5. The number of nitrogens with one attached hydrogen (secondary N) is 1. The summed E-state index contributed by atoms with van der Waals surface area (Å²) in [5.74, 6) is -2.24. The second-order valence-corrected chi connectivity index (χ2v) is 12.1. The van der Waals surface area contributed by atoms with Crippen molar-refractivity contribution < 1.29 is 14.0 Å². The predicted molar refractivity (Wildman–Crippen MR) is 155 cm³/mol. The minimum atomic E-state index is -1.04. The van der Waals surface area contributed by atoms with Gasteiger partial charge in [0.05, 0.1) is 39.0 Å². The van der Waals surface area contributed by atoms with Gasteiger partial charge in [-0.25, -0.2) is 4.39 Å². The van der Waals surface area contributed by atoms with E-state index >= 15 is 4.39 Å². The van der Waals surface area contributed by atoms with Crippen LogP contribution in [0.15, 0.2) is 63.4 Å². The molecule has 1 atom stereocenters. The van der Waals surface area contributed by atoms with Gasteiger partial charge in [-0.15, -0.1) is 10.2 Å². The van der Waals surface area contributed by atoms with Crippen molar-refractivity contribution in [2.24, 2.45) is 5.73 Å². The summed E-state index contributed by atoms with van der Waals surface area (Å²) >= 11 is 20.9. The number of allylic oxidation sites excluding steroid dienone is 3. The third kappa shape index (κ3) is 5.30. The highest BCUT2D eigenvalue weighted by Crippen LogP contribution is 2.49. The van der Waals surface area contributed by atoms with E-state index in [1.807, 2.05) is 0 Å². The monoisotopic (exact) mass is 634 g/mol. The third-order valence-corrected chi connectivity index (χ3v) is 9.34. The van der Waals surface area contributed by atoms with Gasteiger partial charge in [0.15, 0.2) is 10.1 Å². The molecule has 3 N–H and O–H groups in total. The first-order valence-corrected chi connectivity index (χ1v) is 14.7. The van der Waals surface area contributed by atoms with Gasteiger partial charge in [-0.2, -0.15) is 5.26 Å². The number of amides is 1. The van der Waals surface area contributed by atoms with Crippen molar-refractivity contribution in [3.63, 3.8) is 0 Å². The summed E-state index contributed by atoms with van der Waals surface area (Å²) in [5.41, 5.74) is 7.63. The number of hydrogen-bond donors (Lipinski definition) is 2. The number of anilines is 2. The highest BCUT2D eigenvalue weighted by molar-refractivity contribution is 8.01. The molecule has 1 unspecified atom stereocenters. The largest absolute Gasteiger partial charge is 0.384 e. The van der Waals surface area contributed by atoms with Crippen LogP contribution in [0.4, 0.5) is 15.2 Å². The number of halogens is 4. The van der Waals surface area contributed by atoms with Gasteiger partial charge in [-0.1, -0.05) is 70.0 Å². The van der Waals surface area contributed by atoms with E-state index in [4.69, 9.17) is 40.5 Å². The van der Waals surface area contributed by atoms with Crippen LogP contribution in [0, 0.1) is 17.1 Å². The van der Waals surface area contributed by atoms with Crippen molar-refractivity contribution in [3.8, 4) is 6.07 Å². The molecule has 204 valence electrons. The zero-order chi connectivity index (χ0) is 28.6. The van der Waals surface area contributed by atoms with Crippen LogP contribution in [0.5, 0.6) is 0 Å². The first-order valence-electron chi connectivity index (χ1n) is 11.8. The van der Waals surface area contributed by atoms with Crippen molar-refractivity contribution in [1.29, 1.82) is 5.26 Å². The van der Waals surface area contributed by atoms with Crippen LogP contribution in [0.2, 0.25) is 15.1 Å². The molecule has 2 heterocycles. The number of carbonyl (C=O) groups excluding carboxylic acids is 2. The molecule has 5 rings (SSSR count). The predicted octanol–water partition coefficient (Wildman–Crippen LogP) is 6.67. The van der Waals surface area contributed by atoms with Gasteiger partial charge < -0.3 is 11.1 Å². The average molecular weight is 636 g/mol. The van der Waals surface area contributed by atoms with Gasteiger partial charge in [0.2, 0.25) is 11.0 Å². The molecule has 0 fully saturated rings. The molecule has 0 spiro atoms. The second-order valence-electron chi connectivity index (χ2n) is 8.74. The Balaban J connectivity index is 1.45. The van der Waals surface area contributed by atoms with E-state index in [0.717, 1.165) is 23.1 Å². The molecule has 0 saturated carbocycles. The number of nitrogens with zero attached hydrogens (tertiary/aromatic N) is 4. The summed E-state index contributed by atoms with van der Waals surface area (Å²) in [4.78, 5) is 27.3. The Kier molecular flexibility index (Phi) is 8.35. The fourth-order valence-corrected chi connectivity index (χ4v) is 7.10. The zero-order valence-electron chi connectivity index (χ0n) is 20.4. The minimum absolute atomic E-state index is 0.00869. The molecule has 40 heavy (non-hydrogen) atoms. The quantitative estimate of drug-likeness (QED) is 0.288. The van der Waals surface area contributed by atoms with Gasteiger partial charge in [0.25, 0.3) is 0 Å². The van der Waals surface area contributed by atoms with Crippen LogP contribution in [0.1, 0.15) is 30.7 Å². The fourth-order valence-electron chi connectivity index (χ4n) is 4.65. The number of para-hydroxylation sites is 1. The molecule has 0 radical (unpaired) electrons. The van der Waals surface area contributed by atoms with E-state index in [9.17, 15) is 14.9 Å². The summed E-state index contributed by atoms with van der Waals surface area (Å²) in [6.07, 6.45) is 1.24. The lowest BCUT2D eigenvalue weighted by atomic mass is 9.75. The number of benzene rings is 2. The lowest BCUT2D eigenvalue weighted by Crippen LogP contribution is -2.39. The Hall–Kier alpha value is -3.14. The van der Waals surface area contributed by atoms with E-state index in [-0.39, 0.29) is 51.4 Å². The van der Waals surface area contributed by atoms with E-state index in [2.05, 4.69) is 21.6 Å². The topological polar surface area (TPSA) is 125 Å². The highest BCUT2D eigenvalue weighted by Gasteiger charge is 2.43. The van der Waals surface area contributed by atoms with Crippen molar-refractivity contribution in [2.75, 3.05) is 16.0 Å². The third-order valence-electron chi connectivity index (χ3n) is 6.34. The van der Waals surface area contributed by atoms with Gasteiger partial charge in [-0.05, 0) is 37.1 Å². The van der Waals surface area contributed by atoms with Crippen molar-refractivity contribution >= 4 is 80.4 Å².